The molecule has 0 spiro atoms. The molecule has 1 heterocycles. The van der Waals surface area contributed by atoms with Gasteiger partial charge in [-0.1, -0.05) is 0 Å². The van der Waals surface area contributed by atoms with Crippen molar-refractivity contribution in [3.05, 3.63) is 36.4 Å². The number of morpholine rings is 1. The Hall–Kier alpha value is -2.67. The van der Waals surface area contributed by atoms with Gasteiger partial charge in [-0.2, -0.15) is 0 Å². The van der Waals surface area contributed by atoms with Crippen LogP contribution in [0.25, 0.3) is 0 Å². The van der Waals surface area contributed by atoms with Gasteiger partial charge in [-0.3, -0.25) is 9.59 Å². The summed E-state index contributed by atoms with van der Waals surface area (Å²) in [7, 11) is 0. The van der Waals surface area contributed by atoms with E-state index in [4.69, 9.17) is 4.74 Å². The second kappa shape index (κ2) is 7.37. The van der Waals surface area contributed by atoms with Crippen molar-refractivity contribution in [2.24, 2.45) is 0 Å². The molecule has 7 heteroatoms. The van der Waals surface area contributed by atoms with Gasteiger partial charge in [-0.05, 0) is 36.4 Å². The third-order valence-electron chi connectivity index (χ3n) is 3.10. The molecule has 1 saturated heterocycles. The third kappa shape index (κ3) is 4.42. The number of hydrogen-bond donors (Lipinski definition) is 1. The van der Waals surface area contributed by atoms with E-state index in [-0.39, 0.29) is 0 Å². The molecule has 0 radical (unpaired) electrons. The van der Waals surface area contributed by atoms with Crippen molar-refractivity contribution in [1.29, 1.82) is 0 Å². The summed E-state index contributed by atoms with van der Waals surface area (Å²) in [6.45, 7) is 2.96. The number of hydrogen-bond acceptors (Lipinski definition) is 6. The van der Waals surface area contributed by atoms with Crippen molar-refractivity contribution in [2.75, 3.05) is 36.5 Å². The maximum Gasteiger partial charge on any atom is 0.296 e. The fourth-order valence-electron chi connectivity index (χ4n) is 1.99. The summed E-state index contributed by atoms with van der Waals surface area (Å²) >= 11 is 0. The van der Waals surface area contributed by atoms with Crippen molar-refractivity contribution >= 4 is 29.0 Å². The van der Waals surface area contributed by atoms with Crippen LogP contribution in [-0.4, -0.2) is 44.0 Å². The molecule has 1 aliphatic heterocycles. The maximum atomic E-state index is 11.6. The first-order chi connectivity index (χ1) is 10.6. The smallest absolute Gasteiger partial charge is 0.296 e. The van der Waals surface area contributed by atoms with Crippen molar-refractivity contribution in [1.82, 2.24) is 0 Å². The second-order valence-electron chi connectivity index (χ2n) is 4.62. The normalized spacial score (nSPS) is 14.8. The molecule has 1 aromatic rings. The Morgan fingerprint density at radius 1 is 1.09 bits per heavy atom. The van der Waals surface area contributed by atoms with Gasteiger partial charge in [0.1, 0.15) is 0 Å². The van der Waals surface area contributed by atoms with Crippen molar-refractivity contribution in [3.63, 3.8) is 0 Å². The third-order valence-corrected chi connectivity index (χ3v) is 3.10. The van der Waals surface area contributed by atoms with Gasteiger partial charge in [0.05, 0.1) is 19.2 Å². The van der Waals surface area contributed by atoms with Gasteiger partial charge in [0.2, 0.25) is 5.78 Å². The fourth-order valence-corrected chi connectivity index (χ4v) is 1.99. The van der Waals surface area contributed by atoms with Gasteiger partial charge >= 0.3 is 0 Å². The summed E-state index contributed by atoms with van der Waals surface area (Å²) in [4.78, 5) is 35.2. The van der Waals surface area contributed by atoms with E-state index in [1.54, 1.807) is 12.1 Å². The van der Waals surface area contributed by atoms with Crippen LogP contribution < -0.4 is 15.3 Å². The number of amides is 1. The van der Waals surface area contributed by atoms with E-state index in [2.05, 4.69) is 10.2 Å². The zero-order valence-electron chi connectivity index (χ0n) is 11.8. The van der Waals surface area contributed by atoms with Crippen molar-refractivity contribution < 1.29 is 24.2 Å². The van der Waals surface area contributed by atoms with E-state index in [0.29, 0.717) is 31.1 Å². The molecule has 1 amide bonds. The highest BCUT2D eigenvalue weighted by Gasteiger charge is 2.13. The monoisotopic (exact) mass is 303 g/mol. The van der Waals surface area contributed by atoms with E-state index in [9.17, 15) is 19.5 Å². The summed E-state index contributed by atoms with van der Waals surface area (Å²) in [5.41, 5.74) is 1.46. The highest BCUT2D eigenvalue weighted by atomic mass is 16.5. The summed E-state index contributed by atoms with van der Waals surface area (Å²) in [5.74, 6) is -3.39. The Bertz CT molecular complexity index is 588. The number of carbonyl (C=O) groups excluding carboxylic acids is 3. The van der Waals surface area contributed by atoms with E-state index in [1.165, 1.54) is 0 Å². The van der Waals surface area contributed by atoms with Crippen LogP contribution >= 0.6 is 0 Å². The number of carboxylic acid groups (broad SMARTS) is 1. The Labute approximate surface area is 127 Å². The second-order valence-corrected chi connectivity index (χ2v) is 4.62. The minimum absolute atomic E-state index is 0.456. The van der Waals surface area contributed by atoms with E-state index < -0.39 is 17.7 Å². The van der Waals surface area contributed by atoms with Crippen LogP contribution in [0.4, 0.5) is 11.4 Å². The van der Waals surface area contributed by atoms with Gasteiger partial charge < -0.3 is 24.9 Å². The first-order valence-corrected chi connectivity index (χ1v) is 6.73. The molecule has 0 bridgehead atoms. The predicted molar refractivity (Wildman–Crippen MR) is 77.3 cm³/mol. The van der Waals surface area contributed by atoms with Gasteiger partial charge in [-0.15, -0.1) is 0 Å². The molecular formula is C15H15N2O5-. The first-order valence-electron chi connectivity index (χ1n) is 6.73. The summed E-state index contributed by atoms with van der Waals surface area (Å²) in [6, 6.07) is 7.03. The van der Waals surface area contributed by atoms with Crippen LogP contribution in [0.15, 0.2) is 36.4 Å². The number of carbonyl (C=O) groups is 3. The van der Waals surface area contributed by atoms with Crippen molar-refractivity contribution in [3.8, 4) is 0 Å². The molecule has 0 aromatic heterocycles. The number of nitrogens with one attached hydrogen (secondary N) is 1. The average Bonchev–Trinajstić information content (AvgIpc) is 2.54. The van der Waals surface area contributed by atoms with Gasteiger partial charge in [0, 0.05) is 24.5 Å². The maximum absolute atomic E-state index is 11.6. The largest absolute Gasteiger partial charge is 0.545 e. The molecule has 0 aliphatic carbocycles. The number of carboxylic acids is 1. The summed E-state index contributed by atoms with van der Waals surface area (Å²) < 4.78 is 5.27. The number of ketones is 1. The summed E-state index contributed by atoms with van der Waals surface area (Å²) in [5, 5.41) is 12.6. The number of nitrogens with zero attached hydrogens (tertiary/aromatic N) is 1. The minimum atomic E-state index is -1.53. The number of ether oxygens (including phenoxy) is 1. The average molecular weight is 303 g/mol. The molecule has 7 nitrogen and oxygen atoms in total. The lowest BCUT2D eigenvalue weighted by atomic mass is 10.2. The topological polar surface area (TPSA) is 98.8 Å². The Balaban J connectivity index is 1.94. The van der Waals surface area contributed by atoms with Gasteiger partial charge in [-0.25, -0.2) is 0 Å². The number of benzene rings is 1. The quantitative estimate of drug-likeness (QED) is 0.572. The fraction of sp³-hybridized carbons (Fsp3) is 0.267. The van der Waals surface area contributed by atoms with Gasteiger partial charge in [0.15, 0.2) is 0 Å². The van der Waals surface area contributed by atoms with Crippen LogP contribution in [0.1, 0.15) is 0 Å². The van der Waals surface area contributed by atoms with E-state index >= 15 is 0 Å². The number of aliphatic carboxylic acids is 1. The highest BCUT2D eigenvalue weighted by Crippen LogP contribution is 2.18. The first kappa shape index (κ1) is 15.7. The number of rotatable bonds is 5. The SMILES string of the molecule is O=C([O-])/C=C/C(=O)C(=O)Nc1ccc(N2CCOCC2)cc1. The molecule has 1 fully saturated rings. The lowest BCUT2D eigenvalue weighted by Gasteiger charge is -2.28. The van der Waals surface area contributed by atoms with Crippen molar-refractivity contribution in [2.45, 2.75) is 0 Å². The Kier molecular flexibility index (Phi) is 5.26. The molecular weight excluding hydrogens is 288 g/mol. The van der Waals surface area contributed by atoms with Crippen LogP contribution in [0.3, 0.4) is 0 Å². The lowest BCUT2D eigenvalue weighted by molar-refractivity contribution is -0.297. The van der Waals surface area contributed by atoms with E-state index in [1.807, 2.05) is 12.1 Å². The highest BCUT2D eigenvalue weighted by molar-refractivity contribution is 6.44. The Morgan fingerprint density at radius 3 is 2.32 bits per heavy atom. The zero-order chi connectivity index (χ0) is 15.9. The zero-order valence-corrected chi connectivity index (χ0v) is 11.8. The molecule has 2 rings (SSSR count). The molecule has 1 aliphatic rings. The van der Waals surface area contributed by atoms with Crippen LogP contribution in [0.2, 0.25) is 0 Å². The van der Waals surface area contributed by atoms with E-state index in [0.717, 1.165) is 18.8 Å². The van der Waals surface area contributed by atoms with Crippen LogP contribution in [0, 0.1) is 0 Å². The minimum Gasteiger partial charge on any atom is -0.545 e. The van der Waals surface area contributed by atoms with Gasteiger partial charge in [0.25, 0.3) is 5.91 Å². The molecule has 1 N–H and O–H groups in total. The molecule has 0 saturated carbocycles. The molecule has 0 unspecified atom stereocenters. The molecule has 1 aromatic carbocycles. The van der Waals surface area contributed by atoms with Crippen LogP contribution in [-0.2, 0) is 19.1 Å². The Morgan fingerprint density at radius 2 is 1.73 bits per heavy atom. The summed E-state index contributed by atoms with van der Waals surface area (Å²) in [6.07, 6.45) is 1.18. The predicted octanol–water partition coefficient (Wildman–Crippen LogP) is -0.663. The molecule has 0 atom stereocenters. The lowest BCUT2D eigenvalue weighted by Crippen LogP contribution is -2.36. The number of anilines is 2. The standard InChI is InChI=1S/C15H16N2O5/c18-13(5-6-14(19)20)15(21)16-11-1-3-12(4-2-11)17-7-9-22-10-8-17/h1-6H,7-10H2,(H,16,21)(H,19,20)/p-1/b6-5+. The van der Waals surface area contributed by atoms with Crippen LogP contribution in [0.5, 0.6) is 0 Å². The molecule has 22 heavy (non-hydrogen) atoms. The molecule has 116 valence electrons.